The van der Waals surface area contributed by atoms with Crippen LogP contribution in [0.2, 0.25) is 0 Å². The predicted octanol–water partition coefficient (Wildman–Crippen LogP) is 7.70. The minimum absolute atomic E-state index is 0.0475. The van der Waals surface area contributed by atoms with Gasteiger partial charge in [0.25, 0.3) is 0 Å². The molecule has 1 aliphatic rings. The molecule has 0 bridgehead atoms. The van der Waals surface area contributed by atoms with E-state index in [0.29, 0.717) is 11.5 Å². The van der Waals surface area contributed by atoms with Gasteiger partial charge in [0.2, 0.25) is 0 Å². The fourth-order valence-electron chi connectivity index (χ4n) is 4.28. The fraction of sp³-hybridized carbons (Fsp3) is 0.667. The highest BCUT2D eigenvalue weighted by atomic mass is 79.9. The highest BCUT2D eigenvalue weighted by Crippen LogP contribution is 2.46. The largest absolute Gasteiger partial charge is 0.507 e. The molecule has 0 heterocycles. The molecule has 0 fully saturated rings. The van der Waals surface area contributed by atoms with Crippen LogP contribution in [0.3, 0.4) is 0 Å². The van der Waals surface area contributed by atoms with E-state index in [2.05, 4.69) is 43.6 Å². The Kier molecular flexibility index (Phi) is 8.27. The number of hydrogen-bond donors (Lipinski definition) is 2. The lowest BCUT2D eigenvalue weighted by molar-refractivity contribution is 0.420. The second-order valence-electron chi connectivity index (χ2n) is 8.95. The topological polar surface area (TPSA) is 40.5 Å². The molecule has 1 unspecified atom stereocenters. The molecule has 27 heavy (non-hydrogen) atoms. The van der Waals surface area contributed by atoms with Gasteiger partial charge in [-0.25, -0.2) is 0 Å². The molecule has 0 aromatic heterocycles. The van der Waals surface area contributed by atoms with E-state index in [4.69, 9.17) is 0 Å². The first-order valence-electron chi connectivity index (χ1n) is 10.6. The van der Waals surface area contributed by atoms with Gasteiger partial charge in [0.1, 0.15) is 11.5 Å². The number of unbranched alkanes of at least 4 members (excludes halogenated alkanes) is 3. The third kappa shape index (κ3) is 5.76. The number of phenols is 2. The molecule has 3 heteroatoms. The van der Waals surface area contributed by atoms with Gasteiger partial charge in [-0.3, -0.25) is 0 Å². The third-order valence-electron chi connectivity index (χ3n) is 6.15. The first-order chi connectivity index (χ1) is 12.8. The first-order valence-corrected chi connectivity index (χ1v) is 11.8. The molecule has 0 amide bonds. The number of phenolic OH excluding ortho intramolecular Hbond substituents is 2. The molecule has 1 aliphatic carbocycles. The van der Waals surface area contributed by atoms with Crippen LogP contribution in [0.4, 0.5) is 0 Å². The van der Waals surface area contributed by atoms with Crippen molar-refractivity contribution in [3.63, 3.8) is 0 Å². The average molecular weight is 437 g/mol. The van der Waals surface area contributed by atoms with Crippen molar-refractivity contribution in [1.82, 2.24) is 0 Å². The Morgan fingerprint density at radius 2 is 1.78 bits per heavy atom. The lowest BCUT2D eigenvalue weighted by atomic mass is 9.77. The smallest absolute Gasteiger partial charge is 0.127 e. The lowest BCUT2D eigenvalue weighted by Gasteiger charge is -2.29. The van der Waals surface area contributed by atoms with Crippen molar-refractivity contribution in [3.8, 4) is 11.5 Å². The van der Waals surface area contributed by atoms with Crippen molar-refractivity contribution in [2.45, 2.75) is 90.9 Å². The van der Waals surface area contributed by atoms with Crippen LogP contribution in [0.1, 0.15) is 96.6 Å². The number of alkyl halides is 1. The number of benzene rings is 1. The molecule has 2 N–H and O–H groups in total. The Balaban J connectivity index is 2.33. The fourth-order valence-corrected chi connectivity index (χ4v) is 4.76. The van der Waals surface area contributed by atoms with E-state index in [1.54, 1.807) is 0 Å². The molecule has 152 valence electrons. The van der Waals surface area contributed by atoms with Crippen LogP contribution < -0.4 is 0 Å². The quantitative estimate of drug-likeness (QED) is 0.307. The molecule has 0 saturated heterocycles. The Morgan fingerprint density at radius 3 is 2.37 bits per heavy atom. The van der Waals surface area contributed by atoms with E-state index in [1.165, 1.54) is 37.7 Å². The molecular weight excluding hydrogens is 400 g/mol. The van der Waals surface area contributed by atoms with E-state index in [0.717, 1.165) is 42.1 Å². The highest BCUT2D eigenvalue weighted by Gasteiger charge is 2.27. The summed E-state index contributed by atoms with van der Waals surface area (Å²) in [7, 11) is 0. The van der Waals surface area contributed by atoms with Crippen LogP contribution in [0, 0.1) is 5.92 Å². The summed E-state index contributed by atoms with van der Waals surface area (Å²) >= 11 is 3.55. The summed E-state index contributed by atoms with van der Waals surface area (Å²) in [5.41, 5.74) is 4.19. The Hall–Kier alpha value is -0.960. The van der Waals surface area contributed by atoms with Crippen LogP contribution >= 0.6 is 15.9 Å². The number of halogens is 1. The Morgan fingerprint density at radius 1 is 1.11 bits per heavy atom. The summed E-state index contributed by atoms with van der Waals surface area (Å²) < 4.78 is 0. The van der Waals surface area contributed by atoms with E-state index in [1.807, 2.05) is 12.1 Å². The van der Waals surface area contributed by atoms with Gasteiger partial charge in [0.05, 0.1) is 5.56 Å². The summed E-state index contributed by atoms with van der Waals surface area (Å²) in [6.07, 6.45) is 10.2. The van der Waals surface area contributed by atoms with Crippen molar-refractivity contribution in [3.05, 3.63) is 28.8 Å². The van der Waals surface area contributed by atoms with Gasteiger partial charge in [0.15, 0.2) is 0 Å². The second kappa shape index (κ2) is 10.0. The summed E-state index contributed by atoms with van der Waals surface area (Å²) in [5.74, 6) is 1.07. The van der Waals surface area contributed by atoms with Gasteiger partial charge in [-0.05, 0) is 66.7 Å². The second-order valence-corrected chi connectivity index (χ2v) is 9.75. The summed E-state index contributed by atoms with van der Waals surface area (Å²) in [6, 6.07) is 3.79. The standard InChI is InChI=1S/C24H37BrO2/c1-5-6-7-8-12-24(3,4)19-15-21(26)23(22(27)16-19)20-14-17(2)9-10-18(20)11-13-25/h15-17,26-27H,5-14H2,1-4H3. The van der Waals surface area contributed by atoms with Crippen LogP contribution in [0.25, 0.3) is 5.57 Å². The minimum Gasteiger partial charge on any atom is -0.507 e. The zero-order valence-electron chi connectivity index (χ0n) is 17.6. The Bertz CT molecular complexity index is 637. The van der Waals surface area contributed by atoms with Crippen LogP contribution in [0.5, 0.6) is 11.5 Å². The van der Waals surface area contributed by atoms with Gasteiger partial charge in [-0.1, -0.05) is 74.9 Å². The highest BCUT2D eigenvalue weighted by molar-refractivity contribution is 9.09. The van der Waals surface area contributed by atoms with E-state index >= 15 is 0 Å². The summed E-state index contributed by atoms with van der Waals surface area (Å²) in [5, 5.41) is 22.6. The average Bonchev–Trinajstić information content (AvgIpc) is 2.60. The summed E-state index contributed by atoms with van der Waals surface area (Å²) in [4.78, 5) is 0. The minimum atomic E-state index is -0.0475. The van der Waals surface area contributed by atoms with Crippen molar-refractivity contribution in [1.29, 1.82) is 0 Å². The molecule has 1 aromatic rings. The molecular formula is C24H37BrO2. The van der Waals surface area contributed by atoms with Gasteiger partial charge in [0, 0.05) is 5.33 Å². The molecule has 0 saturated carbocycles. The maximum Gasteiger partial charge on any atom is 0.127 e. The molecule has 2 rings (SSSR count). The van der Waals surface area contributed by atoms with E-state index < -0.39 is 0 Å². The van der Waals surface area contributed by atoms with Crippen molar-refractivity contribution < 1.29 is 10.2 Å². The zero-order chi connectivity index (χ0) is 20.0. The van der Waals surface area contributed by atoms with Crippen molar-refractivity contribution >= 4 is 21.5 Å². The van der Waals surface area contributed by atoms with Crippen molar-refractivity contribution in [2.24, 2.45) is 5.92 Å². The number of hydrogen-bond acceptors (Lipinski definition) is 2. The number of aromatic hydroxyl groups is 2. The number of rotatable bonds is 9. The maximum atomic E-state index is 10.9. The zero-order valence-corrected chi connectivity index (χ0v) is 19.2. The molecule has 0 spiro atoms. The molecule has 1 aromatic carbocycles. The van der Waals surface area contributed by atoms with Gasteiger partial charge < -0.3 is 10.2 Å². The molecule has 0 radical (unpaired) electrons. The Labute approximate surface area is 174 Å². The van der Waals surface area contributed by atoms with Gasteiger partial charge in [-0.2, -0.15) is 0 Å². The molecule has 0 aliphatic heterocycles. The molecule has 2 nitrogen and oxygen atoms in total. The maximum absolute atomic E-state index is 10.9. The SMILES string of the molecule is CCCCCCC(C)(C)c1cc(O)c(C2=C(CCBr)CCC(C)C2)c(O)c1. The predicted molar refractivity (Wildman–Crippen MR) is 120 cm³/mol. The lowest BCUT2D eigenvalue weighted by Crippen LogP contribution is -2.17. The van der Waals surface area contributed by atoms with Gasteiger partial charge in [-0.15, -0.1) is 0 Å². The summed E-state index contributed by atoms with van der Waals surface area (Å²) in [6.45, 7) is 8.91. The van der Waals surface area contributed by atoms with Crippen LogP contribution in [-0.2, 0) is 5.41 Å². The van der Waals surface area contributed by atoms with E-state index in [-0.39, 0.29) is 16.9 Å². The number of allylic oxidation sites excluding steroid dienone is 2. The van der Waals surface area contributed by atoms with Crippen LogP contribution in [0.15, 0.2) is 17.7 Å². The monoisotopic (exact) mass is 436 g/mol. The third-order valence-corrected chi connectivity index (χ3v) is 6.55. The van der Waals surface area contributed by atoms with Crippen molar-refractivity contribution in [2.75, 3.05) is 5.33 Å². The van der Waals surface area contributed by atoms with Crippen LogP contribution in [-0.4, -0.2) is 15.5 Å². The van der Waals surface area contributed by atoms with Gasteiger partial charge >= 0.3 is 0 Å². The normalized spacial score (nSPS) is 18.2. The first kappa shape index (κ1) is 22.3. The van der Waals surface area contributed by atoms with E-state index in [9.17, 15) is 10.2 Å². The molecule has 1 atom stereocenters.